The van der Waals surface area contributed by atoms with Gasteiger partial charge < -0.3 is 14.9 Å². The van der Waals surface area contributed by atoms with Gasteiger partial charge in [-0.1, -0.05) is 17.7 Å². The molecule has 0 unspecified atom stereocenters. The minimum Gasteiger partial charge on any atom is -0.508 e. The van der Waals surface area contributed by atoms with E-state index >= 15 is 0 Å². The highest BCUT2D eigenvalue weighted by molar-refractivity contribution is 5.85. The van der Waals surface area contributed by atoms with Gasteiger partial charge in [-0.3, -0.25) is 4.79 Å². The van der Waals surface area contributed by atoms with Crippen molar-refractivity contribution < 1.29 is 19.7 Å². The number of hydrogen-bond donors (Lipinski definition) is 3. The number of aryl methyl sites for hydroxylation is 1. The maximum Gasteiger partial charge on any atom is 0.277 e. The molecule has 1 amide bonds. The van der Waals surface area contributed by atoms with Crippen molar-refractivity contribution in [3.05, 3.63) is 53.6 Å². The van der Waals surface area contributed by atoms with Gasteiger partial charge in [0.1, 0.15) is 17.2 Å². The van der Waals surface area contributed by atoms with Crippen molar-refractivity contribution in [3.8, 4) is 17.2 Å². The highest BCUT2D eigenvalue weighted by Gasteiger charge is 2.02. The van der Waals surface area contributed by atoms with E-state index in [0.29, 0.717) is 11.3 Å². The molecule has 0 aromatic heterocycles. The van der Waals surface area contributed by atoms with Crippen LogP contribution in [0.5, 0.6) is 17.2 Å². The number of phenols is 2. The van der Waals surface area contributed by atoms with Gasteiger partial charge in [-0.05, 0) is 31.2 Å². The third-order valence-electron chi connectivity index (χ3n) is 2.80. The fourth-order valence-electron chi connectivity index (χ4n) is 1.63. The smallest absolute Gasteiger partial charge is 0.277 e. The number of amides is 1. The minimum atomic E-state index is -0.421. The average molecular weight is 300 g/mol. The Morgan fingerprint density at radius 1 is 1.23 bits per heavy atom. The Bertz CT molecular complexity index is 681. The third-order valence-corrected chi connectivity index (χ3v) is 2.80. The zero-order valence-corrected chi connectivity index (χ0v) is 12.0. The number of hydrogen-bond acceptors (Lipinski definition) is 5. The van der Waals surface area contributed by atoms with Crippen LogP contribution in [-0.2, 0) is 4.79 Å². The Hall–Kier alpha value is -3.02. The lowest BCUT2D eigenvalue weighted by atomic mass is 10.2. The lowest BCUT2D eigenvalue weighted by Gasteiger charge is -2.05. The number of aromatic hydroxyl groups is 2. The Morgan fingerprint density at radius 2 is 1.95 bits per heavy atom. The zero-order chi connectivity index (χ0) is 15.9. The Morgan fingerprint density at radius 3 is 2.64 bits per heavy atom. The third kappa shape index (κ3) is 4.52. The fraction of sp³-hybridized carbons (Fsp3) is 0.125. The lowest BCUT2D eigenvalue weighted by Crippen LogP contribution is -2.24. The van der Waals surface area contributed by atoms with Crippen molar-refractivity contribution in [2.75, 3.05) is 6.61 Å². The van der Waals surface area contributed by atoms with E-state index in [-0.39, 0.29) is 18.1 Å². The van der Waals surface area contributed by atoms with E-state index in [0.717, 1.165) is 5.56 Å². The molecule has 6 heteroatoms. The van der Waals surface area contributed by atoms with Crippen LogP contribution < -0.4 is 10.2 Å². The second-order valence-electron chi connectivity index (χ2n) is 4.64. The first-order valence-electron chi connectivity index (χ1n) is 6.58. The van der Waals surface area contributed by atoms with E-state index in [1.54, 1.807) is 12.1 Å². The van der Waals surface area contributed by atoms with Gasteiger partial charge >= 0.3 is 0 Å². The molecule has 0 saturated carbocycles. The molecule has 0 aliphatic carbocycles. The van der Waals surface area contributed by atoms with Gasteiger partial charge in [-0.25, -0.2) is 5.43 Å². The first-order valence-corrected chi connectivity index (χ1v) is 6.58. The molecule has 2 aromatic carbocycles. The van der Waals surface area contributed by atoms with Crippen LogP contribution in [-0.4, -0.2) is 28.9 Å². The number of nitrogens with zero attached hydrogens (tertiary/aromatic N) is 1. The predicted molar refractivity (Wildman–Crippen MR) is 82.2 cm³/mol. The summed E-state index contributed by atoms with van der Waals surface area (Å²) in [6, 6.07) is 11.4. The molecular formula is C16H16N2O4. The van der Waals surface area contributed by atoms with Gasteiger partial charge in [0.05, 0.1) is 6.21 Å². The zero-order valence-electron chi connectivity index (χ0n) is 12.0. The van der Waals surface area contributed by atoms with Crippen LogP contribution in [0, 0.1) is 6.92 Å². The summed E-state index contributed by atoms with van der Waals surface area (Å²) in [5.74, 6) is -0.00455. The summed E-state index contributed by atoms with van der Waals surface area (Å²) in [7, 11) is 0. The summed E-state index contributed by atoms with van der Waals surface area (Å²) in [4.78, 5) is 11.6. The molecule has 0 radical (unpaired) electrons. The molecule has 2 rings (SSSR count). The van der Waals surface area contributed by atoms with Crippen molar-refractivity contribution >= 4 is 12.1 Å². The molecule has 0 heterocycles. The molecule has 0 saturated heterocycles. The standard InChI is InChI=1S/C16H16N2O4/c1-11-2-6-14(7-3-11)22-10-16(21)18-17-9-12-4-5-13(19)8-15(12)20/h2-9,19-20H,10H2,1H3,(H,18,21)/b17-9-. The Kier molecular flexibility index (Phi) is 4.98. The van der Waals surface area contributed by atoms with Crippen LogP contribution in [0.3, 0.4) is 0 Å². The van der Waals surface area contributed by atoms with Gasteiger partial charge in [-0.15, -0.1) is 0 Å². The number of carbonyl (C=O) groups excluding carboxylic acids is 1. The van der Waals surface area contributed by atoms with Crippen LogP contribution in [0.1, 0.15) is 11.1 Å². The van der Waals surface area contributed by atoms with Crippen molar-refractivity contribution in [1.82, 2.24) is 5.43 Å². The monoisotopic (exact) mass is 300 g/mol. The molecule has 0 aliphatic heterocycles. The van der Waals surface area contributed by atoms with Gasteiger partial charge in [0.15, 0.2) is 6.61 Å². The summed E-state index contributed by atoms with van der Waals surface area (Å²) in [5.41, 5.74) is 3.77. The van der Waals surface area contributed by atoms with Gasteiger partial charge in [0.2, 0.25) is 0 Å². The number of benzene rings is 2. The highest BCUT2D eigenvalue weighted by Crippen LogP contribution is 2.20. The molecule has 0 bridgehead atoms. The number of carbonyl (C=O) groups is 1. The van der Waals surface area contributed by atoms with Gasteiger partial charge in [-0.2, -0.15) is 5.10 Å². The molecule has 3 N–H and O–H groups in total. The minimum absolute atomic E-state index is 0.0508. The first kappa shape index (κ1) is 15.4. The average Bonchev–Trinajstić information content (AvgIpc) is 2.49. The fourth-order valence-corrected chi connectivity index (χ4v) is 1.63. The second-order valence-corrected chi connectivity index (χ2v) is 4.64. The Balaban J connectivity index is 1.82. The summed E-state index contributed by atoms with van der Waals surface area (Å²) < 4.78 is 5.30. The molecule has 0 aliphatic rings. The summed E-state index contributed by atoms with van der Waals surface area (Å²) in [6.07, 6.45) is 1.28. The highest BCUT2D eigenvalue weighted by atomic mass is 16.5. The van der Waals surface area contributed by atoms with E-state index in [2.05, 4.69) is 10.5 Å². The molecular weight excluding hydrogens is 284 g/mol. The van der Waals surface area contributed by atoms with E-state index in [4.69, 9.17) is 9.84 Å². The lowest BCUT2D eigenvalue weighted by molar-refractivity contribution is -0.123. The van der Waals surface area contributed by atoms with Crippen LogP contribution in [0.2, 0.25) is 0 Å². The molecule has 0 spiro atoms. The molecule has 22 heavy (non-hydrogen) atoms. The van der Waals surface area contributed by atoms with Crippen molar-refractivity contribution in [1.29, 1.82) is 0 Å². The Labute approximate surface area is 127 Å². The van der Waals surface area contributed by atoms with E-state index < -0.39 is 5.91 Å². The number of rotatable bonds is 5. The van der Waals surface area contributed by atoms with Crippen molar-refractivity contribution in [2.45, 2.75) is 6.92 Å². The summed E-state index contributed by atoms with van der Waals surface area (Å²) in [5, 5.41) is 22.4. The molecule has 114 valence electrons. The van der Waals surface area contributed by atoms with E-state index in [1.165, 1.54) is 24.4 Å². The van der Waals surface area contributed by atoms with Crippen LogP contribution in [0.15, 0.2) is 47.6 Å². The number of nitrogens with one attached hydrogen (secondary N) is 1. The van der Waals surface area contributed by atoms with Crippen LogP contribution in [0.25, 0.3) is 0 Å². The van der Waals surface area contributed by atoms with Crippen molar-refractivity contribution in [3.63, 3.8) is 0 Å². The molecule has 2 aromatic rings. The number of phenolic OH excluding ortho intramolecular Hbond substituents is 2. The van der Waals surface area contributed by atoms with Crippen LogP contribution >= 0.6 is 0 Å². The molecule has 6 nitrogen and oxygen atoms in total. The largest absolute Gasteiger partial charge is 0.508 e. The van der Waals surface area contributed by atoms with Gasteiger partial charge in [0.25, 0.3) is 5.91 Å². The SMILES string of the molecule is Cc1ccc(OCC(=O)N/N=C\c2ccc(O)cc2O)cc1. The maximum atomic E-state index is 11.6. The van der Waals surface area contributed by atoms with E-state index in [9.17, 15) is 9.90 Å². The summed E-state index contributed by atoms with van der Waals surface area (Å²) >= 11 is 0. The van der Waals surface area contributed by atoms with Crippen molar-refractivity contribution in [2.24, 2.45) is 5.10 Å². The predicted octanol–water partition coefficient (Wildman–Crippen LogP) is 1.94. The number of hydrazone groups is 1. The normalized spacial score (nSPS) is 10.6. The van der Waals surface area contributed by atoms with E-state index in [1.807, 2.05) is 19.1 Å². The second kappa shape index (κ2) is 7.12. The van der Waals surface area contributed by atoms with Gasteiger partial charge in [0, 0.05) is 11.6 Å². The number of ether oxygens (including phenoxy) is 1. The first-order chi connectivity index (χ1) is 10.5. The molecule has 0 fully saturated rings. The summed E-state index contributed by atoms with van der Waals surface area (Å²) in [6.45, 7) is 1.80. The topological polar surface area (TPSA) is 91.2 Å². The quantitative estimate of drug-likeness (QED) is 0.581. The molecule has 0 atom stereocenters. The maximum absolute atomic E-state index is 11.6. The van der Waals surface area contributed by atoms with Crippen LogP contribution in [0.4, 0.5) is 0 Å².